The van der Waals surface area contributed by atoms with Crippen molar-refractivity contribution in [2.45, 2.75) is 0 Å². The number of hydrogen-bond acceptors (Lipinski definition) is 0. The van der Waals surface area contributed by atoms with Crippen molar-refractivity contribution in [1.82, 2.24) is 0 Å². The van der Waals surface area contributed by atoms with E-state index < -0.39 is 20.7 Å². The van der Waals surface area contributed by atoms with Crippen LogP contribution in [0, 0.1) is 0 Å². The topological polar surface area (TPSA) is 0 Å². The third-order valence-electron chi connectivity index (χ3n) is 0. The average Bonchev–Trinajstić information content (AvgIpc) is 0.592. The van der Waals surface area contributed by atoms with E-state index in [4.69, 9.17) is 0 Å². The van der Waals surface area contributed by atoms with Crippen LogP contribution in [0.5, 0.6) is 0 Å². The molecule has 0 rings (SSSR count). The molecule has 48 valence electrons. The van der Waals surface area contributed by atoms with E-state index in [2.05, 4.69) is 0 Å². The summed E-state index contributed by atoms with van der Waals surface area (Å²) in [5.41, 5.74) is 0. The zero-order chi connectivity index (χ0) is 6.41. The van der Waals surface area contributed by atoms with Crippen molar-refractivity contribution in [2.24, 2.45) is 0 Å². The van der Waals surface area contributed by atoms with Crippen molar-refractivity contribution in [2.75, 3.05) is 0 Å². The van der Waals surface area contributed by atoms with Gasteiger partial charge in [-0.25, -0.2) is 0 Å². The van der Waals surface area contributed by atoms with E-state index in [-0.39, 0.29) is 116 Å². The van der Waals surface area contributed by atoms with Gasteiger partial charge in [0.15, 0.2) is 0 Å². The first kappa shape index (κ1) is 18.8. The summed E-state index contributed by atoms with van der Waals surface area (Å²) >= 11 is -11.4. The van der Waals surface area contributed by atoms with Gasteiger partial charge in [0.05, 0.1) is 0 Å². The maximum atomic E-state index is 9.94. The van der Waals surface area contributed by atoms with Crippen molar-refractivity contribution >= 4 is 0 Å². The van der Waals surface area contributed by atoms with Gasteiger partial charge in [-0.15, -0.1) is 0 Å². The first-order valence-electron chi connectivity index (χ1n) is 1.13. The van der Waals surface area contributed by atoms with Crippen molar-refractivity contribution in [3.05, 3.63) is 0 Å². The van der Waals surface area contributed by atoms with Crippen LogP contribution in [0.3, 0.4) is 0 Å². The van der Waals surface area contributed by atoms with Crippen LogP contribution < -0.4 is 116 Å². The minimum Gasteiger partial charge on any atom is 1.00 e. The Morgan fingerprint density at radius 2 is 0.556 bits per heavy atom. The Hall–Kier alpha value is 4.06. The predicted molar refractivity (Wildman–Crippen MR) is 6.65 cm³/mol. The fourth-order valence-electron chi connectivity index (χ4n) is 0. The van der Waals surface area contributed by atoms with Crippen molar-refractivity contribution < 1.29 is 153 Å². The maximum absolute atomic E-state index is 11.4. The molecule has 0 aliphatic carbocycles. The Kier molecular flexibility index (Phi) is 8.47. The van der Waals surface area contributed by atoms with Gasteiger partial charge in [-0.05, 0) is 0 Å². The maximum Gasteiger partial charge on any atom is 1.00 e. The van der Waals surface area contributed by atoms with E-state index in [9.17, 15) is 16.0 Å². The molecular formula is F6HfRb2. The molecule has 9 heavy (non-hydrogen) atoms. The molecule has 0 saturated heterocycles. The molecule has 0 aromatic carbocycles. The molecule has 0 nitrogen and oxygen atoms in total. The summed E-state index contributed by atoms with van der Waals surface area (Å²) in [7, 11) is 0. The molecule has 0 radical (unpaired) electrons. The minimum atomic E-state index is -11.4. The van der Waals surface area contributed by atoms with Crippen molar-refractivity contribution in [3.63, 3.8) is 0 Å². The van der Waals surface area contributed by atoms with Crippen LogP contribution >= 0.6 is 0 Å². The van der Waals surface area contributed by atoms with E-state index in [0.717, 1.165) is 0 Å². The summed E-state index contributed by atoms with van der Waals surface area (Å²) < 4.78 is 59.6. The summed E-state index contributed by atoms with van der Waals surface area (Å²) in [6, 6.07) is 0. The zero-order valence-corrected chi connectivity index (χ0v) is 18.2. The van der Waals surface area contributed by atoms with Crippen LogP contribution in [-0.4, -0.2) is 0 Å². The van der Waals surface area contributed by atoms with E-state index in [1.54, 1.807) is 0 Å². The molecule has 0 aromatic heterocycles. The first-order valence-corrected chi connectivity index (χ1v) is 9.28. The smallest absolute Gasteiger partial charge is 1.00 e. The second kappa shape index (κ2) is 4.06. The van der Waals surface area contributed by atoms with E-state index >= 15 is 0 Å². The SMILES string of the molecule is [F][Hf-2]([F])([F])([F])([F])[F].[Rb+].[Rb+]. The summed E-state index contributed by atoms with van der Waals surface area (Å²) in [4.78, 5) is 0. The van der Waals surface area contributed by atoms with Gasteiger partial charge >= 0.3 is 153 Å². The molecule has 0 amide bonds. The summed E-state index contributed by atoms with van der Waals surface area (Å²) in [5, 5.41) is 0. The van der Waals surface area contributed by atoms with Crippen molar-refractivity contribution in [3.8, 4) is 0 Å². The predicted octanol–water partition coefficient (Wildman–Crippen LogP) is -3.47. The summed E-state index contributed by atoms with van der Waals surface area (Å²) in [6.07, 6.45) is 0. The fraction of sp³-hybridized carbons (Fsp3) is 0. The molecule has 0 aliphatic rings. The zero-order valence-electron chi connectivity index (χ0n) is 4.77. The average molecular weight is 463 g/mol. The third kappa shape index (κ3) is 74.0. The van der Waals surface area contributed by atoms with Gasteiger partial charge in [-0.1, -0.05) is 0 Å². The van der Waals surface area contributed by atoms with E-state index in [1.165, 1.54) is 0 Å². The molecule has 0 heterocycles. The quantitative estimate of drug-likeness (QED) is 0.259. The monoisotopic (exact) mass is 464 g/mol. The number of halogens is 6. The van der Waals surface area contributed by atoms with Crippen LogP contribution in [0.25, 0.3) is 0 Å². The molecule has 0 aromatic rings. The second-order valence-electron chi connectivity index (χ2n) is 1.07. The molecule has 0 bridgehead atoms. The molecule has 9 heteroatoms. The molecular weight excluding hydrogens is 463 g/mol. The standard InChI is InChI=1S/6FH.Hf.2Rb/h6*1H;;;/q;;;;;;+4;2*+1/p-6. The Labute approximate surface area is 148 Å². The Balaban J connectivity index is -0.000000180. The van der Waals surface area contributed by atoms with Crippen LogP contribution in [0.4, 0.5) is 16.0 Å². The molecule has 0 unspecified atom stereocenters. The van der Waals surface area contributed by atoms with Gasteiger partial charge < -0.3 is 0 Å². The van der Waals surface area contributed by atoms with Gasteiger partial charge in [-0.2, -0.15) is 0 Å². The van der Waals surface area contributed by atoms with E-state index in [0.29, 0.717) is 0 Å². The molecule has 0 spiro atoms. The first-order chi connectivity index (χ1) is 2.45. The number of hydrogen-bond donors (Lipinski definition) is 0. The third-order valence-corrected chi connectivity index (χ3v) is 0. The molecule has 0 N–H and O–H groups in total. The summed E-state index contributed by atoms with van der Waals surface area (Å²) in [6.45, 7) is 0. The van der Waals surface area contributed by atoms with Gasteiger partial charge in [0.2, 0.25) is 0 Å². The molecule has 0 aliphatic heterocycles. The van der Waals surface area contributed by atoms with Crippen LogP contribution in [0.15, 0.2) is 0 Å². The van der Waals surface area contributed by atoms with Gasteiger partial charge in [-0.3, -0.25) is 0 Å². The molecule has 0 saturated carbocycles. The van der Waals surface area contributed by atoms with Gasteiger partial charge in [0.1, 0.15) is 0 Å². The normalized spacial score (nSPS) is 18.0. The van der Waals surface area contributed by atoms with Gasteiger partial charge in [0.25, 0.3) is 0 Å². The second-order valence-corrected chi connectivity index (χ2v) is 8.77. The fourth-order valence-corrected chi connectivity index (χ4v) is 0. The molecule has 0 fully saturated rings. The van der Waals surface area contributed by atoms with Crippen LogP contribution in [0.1, 0.15) is 0 Å². The van der Waals surface area contributed by atoms with E-state index in [1.807, 2.05) is 0 Å². The largest absolute Gasteiger partial charge is 1.00 e. The Morgan fingerprint density at radius 1 is 0.556 bits per heavy atom. The minimum absolute atomic E-state index is 0. The van der Waals surface area contributed by atoms with Crippen molar-refractivity contribution in [1.29, 1.82) is 0 Å². The Morgan fingerprint density at radius 3 is 0.556 bits per heavy atom. The Bertz CT molecular complexity index is 69.6. The molecule has 0 atom stereocenters. The van der Waals surface area contributed by atoms with Crippen LogP contribution in [-0.2, 0) is 20.7 Å². The number of rotatable bonds is 0. The van der Waals surface area contributed by atoms with Gasteiger partial charge in [0, 0.05) is 0 Å². The van der Waals surface area contributed by atoms with Crippen LogP contribution in [0.2, 0.25) is 0 Å². The summed E-state index contributed by atoms with van der Waals surface area (Å²) in [5.74, 6) is 0.